The van der Waals surface area contributed by atoms with Crippen LogP contribution in [0, 0.1) is 0 Å². The number of imidazole rings is 1. The number of nitrogens with one attached hydrogen (secondary N) is 1. The van der Waals surface area contributed by atoms with Crippen molar-refractivity contribution in [1.29, 1.82) is 0 Å². The Kier molecular flexibility index (Phi) is 6.14. The molecular weight excluding hydrogens is 405 g/mol. The number of nitrogens with zero attached hydrogens (tertiary/aromatic N) is 2. The van der Waals surface area contributed by atoms with Crippen LogP contribution in [0.15, 0.2) is 48.7 Å². The molecule has 1 aromatic carbocycles. The van der Waals surface area contributed by atoms with E-state index in [-0.39, 0.29) is 29.8 Å². The van der Waals surface area contributed by atoms with Gasteiger partial charge in [-0.1, -0.05) is 29.8 Å². The molecule has 0 spiro atoms. The van der Waals surface area contributed by atoms with Gasteiger partial charge in [0.2, 0.25) is 0 Å². The third kappa shape index (κ3) is 5.07. The number of pyridine rings is 1. The maximum atomic E-state index is 13.0. The van der Waals surface area contributed by atoms with Gasteiger partial charge in [0.25, 0.3) is 5.91 Å². The zero-order valence-electron chi connectivity index (χ0n) is 15.6. The van der Waals surface area contributed by atoms with Gasteiger partial charge in [0.05, 0.1) is 0 Å². The van der Waals surface area contributed by atoms with Crippen molar-refractivity contribution in [3.05, 3.63) is 70.6 Å². The number of carbonyl (C=O) groups is 1. The first kappa shape index (κ1) is 21.1. The Morgan fingerprint density at radius 3 is 2.55 bits per heavy atom. The summed E-state index contributed by atoms with van der Waals surface area (Å²) >= 11 is 5.94. The molecule has 5 nitrogen and oxygen atoms in total. The number of alkyl halides is 3. The molecular formula is C20H20ClF3N4O. The van der Waals surface area contributed by atoms with Crippen molar-refractivity contribution in [3.8, 4) is 0 Å². The Morgan fingerprint density at radius 2 is 1.93 bits per heavy atom. The van der Waals surface area contributed by atoms with Crippen LogP contribution in [-0.4, -0.2) is 27.9 Å². The second-order valence-electron chi connectivity index (χ2n) is 6.93. The molecule has 9 heteroatoms. The normalized spacial score (nSPS) is 14.0. The van der Waals surface area contributed by atoms with Crippen molar-refractivity contribution in [2.45, 2.75) is 31.5 Å². The summed E-state index contributed by atoms with van der Waals surface area (Å²) in [6.45, 7) is 2.15. The fourth-order valence-corrected chi connectivity index (χ4v) is 3.29. The third-order valence-corrected chi connectivity index (χ3v) is 4.77. The predicted molar refractivity (Wildman–Crippen MR) is 105 cm³/mol. The van der Waals surface area contributed by atoms with E-state index in [1.54, 1.807) is 12.1 Å². The molecule has 3 rings (SSSR count). The van der Waals surface area contributed by atoms with Crippen molar-refractivity contribution >= 4 is 23.2 Å². The number of nitrogens with two attached hydrogens (primary N) is 1. The highest BCUT2D eigenvalue weighted by Gasteiger charge is 2.34. The Morgan fingerprint density at radius 1 is 1.24 bits per heavy atom. The van der Waals surface area contributed by atoms with Crippen LogP contribution in [0.3, 0.4) is 0 Å². The molecule has 2 atom stereocenters. The Balaban J connectivity index is 1.81. The van der Waals surface area contributed by atoms with Crippen LogP contribution in [-0.2, 0) is 6.18 Å². The number of rotatable bonds is 6. The zero-order valence-corrected chi connectivity index (χ0v) is 16.3. The summed E-state index contributed by atoms with van der Waals surface area (Å²) in [5.74, 6) is -0.561. The standard InChI is InChI=1S/C20H20ClF3N4O/c1-12(25)9-14(13-5-7-15(21)8-6-13)10-26-19(29)16-3-2-4-18-27-17(11-28(16)18)20(22,23)24/h2-8,11-12,14H,9-10,25H2,1H3,(H,26,29). The van der Waals surface area contributed by atoms with E-state index < -0.39 is 17.8 Å². The van der Waals surface area contributed by atoms with Gasteiger partial charge >= 0.3 is 6.18 Å². The smallest absolute Gasteiger partial charge is 0.350 e. The van der Waals surface area contributed by atoms with Crippen molar-refractivity contribution in [2.75, 3.05) is 6.54 Å². The average Bonchev–Trinajstić information content (AvgIpc) is 3.10. The molecule has 0 aliphatic rings. The summed E-state index contributed by atoms with van der Waals surface area (Å²) < 4.78 is 40.0. The molecule has 2 heterocycles. The summed E-state index contributed by atoms with van der Waals surface area (Å²) in [5, 5.41) is 3.40. The van der Waals surface area contributed by atoms with Gasteiger partial charge in [-0.05, 0) is 43.2 Å². The van der Waals surface area contributed by atoms with Gasteiger partial charge in [0.1, 0.15) is 11.3 Å². The number of benzene rings is 1. The van der Waals surface area contributed by atoms with E-state index in [0.29, 0.717) is 11.4 Å². The quantitative estimate of drug-likeness (QED) is 0.621. The highest BCUT2D eigenvalue weighted by atomic mass is 35.5. The van der Waals surface area contributed by atoms with Gasteiger partial charge in [-0.15, -0.1) is 0 Å². The Labute approximate surface area is 170 Å². The molecule has 29 heavy (non-hydrogen) atoms. The van der Waals surface area contributed by atoms with E-state index in [1.165, 1.54) is 18.2 Å². The number of fused-ring (bicyclic) bond motifs is 1. The second-order valence-corrected chi connectivity index (χ2v) is 7.37. The minimum Gasteiger partial charge on any atom is -0.350 e. The molecule has 0 aliphatic heterocycles. The average molecular weight is 425 g/mol. The fraction of sp³-hybridized carbons (Fsp3) is 0.300. The van der Waals surface area contributed by atoms with E-state index in [4.69, 9.17) is 17.3 Å². The Hall–Kier alpha value is -2.58. The second kappa shape index (κ2) is 8.42. The molecule has 2 aromatic heterocycles. The lowest BCUT2D eigenvalue weighted by atomic mass is 9.92. The van der Waals surface area contributed by atoms with Crippen molar-refractivity contribution in [2.24, 2.45) is 5.73 Å². The maximum Gasteiger partial charge on any atom is 0.434 e. The molecule has 0 radical (unpaired) electrons. The summed E-state index contributed by atoms with van der Waals surface area (Å²) in [6, 6.07) is 11.5. The largest absolute Gasteiger partial charge is 0.434 e. The minimum atomic E-state index is -4.59. The first-order valence-corrected chi connectivity index (χ1v) is 9.37. The molecule has 0 fully saturated rings. The summed E-state index contributed by atoms with van der Waals surface area (Å²) in [4.78, 5) is 16.2. The highest BCUT2D eigenvalue weighted by Crippen LogP contribution is 2.29. The lowest BCUT2D eigenvalue weighted by molar-refractivity contribution is -0.140. The van der Waals surface area contributed by atoms with Crippen LogP contribution in [0.5, 0.6) is 0 Å². The number of halogens is 4. The van der Waals surface area contributed by atoms with Gasteiger partial charge in [-0.2, -0.15) is 13.2 Å². The highest BCUT2D eigenvalue weighted by molar-refractivity contribution is 6.30. The molecule has 2 unspecified atom stereocenters. The predicted octanol–water partition coefficient (Wildman–Crippen LogP) is 4.26. The summed E-state index contributed by atoms with van der Waals surface area (Å²) in [5.41, 5.74) is 5.98. The zero-order chi connectivity index (χ0) is 21.2. The van der Waals surface area contributed by atoms with Crippen LogP contribution in [0.25, 0.3) is 5.65 Å². The van der Waals surface area contributed by atoms with E-state index in [1.807, 2.05) is 19.1 Å². The molecule has 3 aromatic rings. The van der Waals surface area contributed by atoms with Crippen LogP contribution in [0.1, 0.15) is 41.0 Å². The minimum absolute atomic E-state index is 0.0507. The molecule has 0 bridgehead atoms. The number of aromatic nitrogens is 2. The summed E-state index contributed by atoms with van der Waals surface area (Å²) in [7, 11) is 0. The molecule has 3 N–H and O–H groups in total. The molecule has 0 saturated heterocycles. The monoisotopic (exact) mass is 424 g/mol. The topological polar surface area (TPSA) is 72.4 Å². The van der Waals surface area contributed by atoms with E-state index in [9.17, 15) is 18.0 Å². The third-order valence-electron chi connectivity index (χ3n) is 4.52. The van der Waals surface area contributed by atoms with Crippen LogP contribution >= 0.6 is 11.6 Å². The number of hydrogen-bond acceptors (Lipinski definition) is 3. The van der Waals surface area contributed by atoms with Crippen LogP contribution < -0.4 is 11.1 Å². The van der Waals surface area contributed by atoms with Crippen molar-refractivity contribution in [3.63, 3.8) is 0 Å². The Bertz CT molecular complexity index is 999. The number of amides is 1. The SMILES string of the molecule is CC(N)CC(CNC(=O)c1cccc2nc(C(F)(F)F)cn12)c1ccc(Cl)cc1. The van der Waals surface area contributed by atoms with Gasteiger partial charge in [0.15, 0.2) is 5.69 Å². The molecule has 0 aliphatic carbocycles. The first-order chi connectivity index (χ1) is 13.6. The fourth-order valence-electron chi connectivity index (χ4n) is 3.16. The van der Waals surface area contributed by atoms with E-state index in [2.05, 4.69) is 10.3 Å². The van der Waals surface area contributed by atoms with E-state index in [0.717, 1.165) is 16.2 Å². The molecule has 1 amide bonds. The van der Waals surface area contributed by atoms with Crippen LogP contribution in [0.2, 0.25) is 5.02 Å². The lowest BCUT2D eigenvalue weighted by Crippen LogP contribution is -2.32. The van der Waals surface area contributed by atoms with Crippen molar-refractivity contribution in [1.82, 2.24) is 14.7 Å². The van der Waals surface area contributed by atoms with Gasteiger partial charge in [-0.25, -0.2) is 4.98 Å². The van der Waals surface area contributed by atoms with Gasteiger partial charge in [-0.3, -0.25) is 9.20 Å². The number of hydrogen-bond donors (Lipinski definition) is 2. The first-order valence-electron chi connectivity index (χ1n) is 8.99. The van der Waals surface area contributed by atoms with Gasteiger partial charge < -0.3 is 11.1 Å². The van der Waals surface area contributed by atoms with Crippen LogP contribution in [0.4, 0.5) is 13.2 Å². The molecule has 154 valence electrons. The van der Waals surface area contributed by atoms with Crippen molar-refractivity contribution < 1.29 is 18.0 Å². The van der Waals surface area contributed by atoms with E-state index >= 15 is 0 Å². The number of carbonyl (C=O) groups excluding carboxylic acids is 1. The van der Waals surface area contributed by atoms with Gasteiger partial charge in [0, 0.05) is 29.7 Å². The summed E-state index contributed by atoms with van der Waals surface area (Å²) in [6.07, 6.45) is -3.14. The maximum absolute atomic E-state index is 13.0. The molecule has 0 saturated carbocycles. The lowest BCUT2D eigenvalue weighted by Gasteiger charge is -2.20.